The molecule has 7 heteroatoms. The molecule has 1 fully saturated rings. The SMILES string of the molecule is CCCCCOc1ccc(N2C(=O)CC(Sc3nc4c(cc3C#N)CCCCCC4)C2=O)cc1. The van der Waals surface area contributed by atoms with Crippen LogP contribution in [-0.4, -0.2) is 28.7 Å². The van der Waals surface area contributed by atoms with Gasteiger partial charge in [-0.15, -0.1) is 0 Å². The summed E-state index contributed by atoms with van der Waals surface area (Å²) >= 11 is 1.25. The van der Waals surface area contributed by atoms with Crippen molar-refractivity contribution in [3.8, 4) is 11.8 Å². The lowest BCUT2D eigenvalue weighted by Gasteiger charge is -2.17. The molecule has 0 spiro atoms. The quantitative estimate of drug-likeness (QED) is 0.363. The fourth-order valence-corrected chi connectivity index (χ4v) is 5.57. The third-order valence-corrected chi connectivity index (χ3v) is 7.54. The van der Waals surface area contributed by atoms with Crippen LogP contribution >= 0.6 is 11.8 Å². The number of thioether (sulfide) groups is 1. The third kappa shape index (κ3) is 5.61. The van der Waals surface area contributed by atoms with E-state index in [1.54, 1.807) is 24.3 Å². The number of imide groups is 1. The van der Waals surface area contributed by atoms with Crippen molar-refractivity contribution >= 4 is 29.3 Å². The molecular weight excluding hydrogens is 446 g/mol. The molecule has 1 saturated heterocycles. The molecule has 0 saturated carbocycles. The molecule has 1 aliphatic heterocycles. The topological polar surface area (TPSA) is 83.3 Å². The number of fused-ring (bicyclic) bond motifs is 1. The van der Waals surface area contributed by atoms with Gasteiger partial charge in [0.1, 0.15) is 16.8 Å². The Kier molecular flexibility index (Phi) is 8.23. The van der Waals surface area contributed by atoms with Crippen LogP contribution in [0.5, 0.6) is 5.75 Å². The van der Waals surface area contributed by atoms with E-state index < -0.39 is 5.25 Å². The van der Waals surface area contributed by atoms with Crippen LogP contribution in [0, 0.1) is 11.3 Å². The van der Waals surface area contributed by atoms with Crippen LogP contribution in [0.1, 0.15) is 75.1 Å². The van der Waals surface area contributed by atoms with Gasteiger partial charge >= 0.3 is 0 Å². The first-order valence-corrected chi connectivity index (χ1v) is 13.2. The van der Waals surface area contributed by atoms with E-state index in [2.05, 4.69) is 13.0 Å². The van der Waals surface area contributed by atoms with Gasteiger partial charge in [0.05, 0.1) is 23.1 Å². The number of aromatic nitrogens is 1. The van der Waals surface area contributed by atoms with E-state index in [9.17, 15) is 14.9 Å². The number of nitriles is 1. The molecule has 1 aromatic carbocycles. The number of nitrogens with zero attached hydrogens (tertiary/aromatic N) is 3. The van der Waals surface area contributed by atoms with E-state index in [0.29, 0.717) is 22.9 Å². The first kappa shape index (κ1) is 24.3. The van der Waals surface area contributed by atoms with Crippen molar-refractivity contribution in [2.45, 2.75) is 81.4 Å². The molecule has 6 nitrogen and oxygen atoms in total. The first-order valence-electron chi connectivity index (χ1n) is 12.3. The normalized spacial score (nSPS) is 18.2. The van der Waals surface area contributed by atoms with E-state index in [1.807, 2.05) is 6.07 Å². The maximum Gasteiger partial charge on any atom is 0.247 e. The number of hydrogen-bond acceptors (Lipinski definition) is 6. The van der Waals surface area contributed by atoms with Crippen molar-refractivity contribution in [1.82, 2.24) is 4.98 Å². The predicted octanol–water partition coefficient (Wildman–Crippen LogP) is 5.61. The number of unbranched alkanes of at least 4 members (excludes halogenated alkanes) is 2. The van der Waals surface area contributed by atoms with E-state index in [1.165, 1.54) is 29.5 Å². The molecule has 1 unspecified atom stereocenters. The zero-order chi connectivity index (χ0) is 23.9. The Morgan fingerprint density at radius 1 is 1.12 bits per heavy atom. The van der Waals surface area contributed by atoms with Crippen LogP contribution < -0.4 is 9.64 Å². The second-order valence-electron chi connectivity index (χ2n) is 8.90. The highest BCUT2D eigenvalue weighted by molar-refractivity contribution is 8.00. The van der Waals surface area contributed by atoms with Crippen LogP contribution in [-0.2, 0) is 22.4 Å². The maximum absolute atomic E-state index is 13.2. The van der Waals surface area contributed by atoms with Gasteiger partial charge < -0.3 is 4.74 Å². The Hall–Kier alpha value is -2.85. The second-order valence-corrected chi connectivity index (χ2v) is 10.1. The van der Waals surface area contributed by atoms with Crippen molar-refractivity contribution in [1.29, 1.82) is 5.26 Å². The highest BCUT2D eigenvalue weighted by Crippen LogP contribution is 2.36. The van der Waals surface area contributed by atoms with Gasteiger partial charge in [0.25, 0.3) is 0 Å². The number of carbonyl (C=O) groups excluding carboxylic acids is 2. The average Bonchev–Trinajstić information content (AvgIpc) is 3.10. The minimum absolute atomic E-state index is 0.0996. The van der Waals surface area contributed by atoms with Crippen LogP contribution in [0.3, 0.4) is 0 Å². The summed E-state index contributed by atoms with van der Waals surface area (Å²) in [5.41, 5.74) is 3.22. The Labute approximate surface area is 205 Å². The lowest BCUT2D eigenvalue weighted by Crippen LogP contribution is -2.31. The number of pyridine rings is 1. The smallest absolute Gasteiger partial charge is 0.247 e. The number of anilines is 1. The minimum Gasteiger partial charge on any atom is -0.494 e. The summed E-state index contributed by atoms with van der Waals surface area (Å²) in [7, 11) is 0. The second kappa shape index (κ2) is 11.5. The summed E-state index contributed by atoms with van der Waals surface area (Å²) in [4.78, 5) is 32.0. The van der Waals surface area contributed by atoms with Crippen molar-refractivity contribution in [3.63, 3.8) is 0 Å². The van der Waals surface area contributed by atoms with E-state index in [4.69, 9.17) is 9.72 Å². The highest BCUT2D eigenvalue weighted by atomic mass is 32.2. The highest BCUT2D eigenvalue weighted by Gasteiger charge is 2.40. The van der Waals surface area contributed by atoms with Gasteiger partial charge in [-0.3, -0.25) is 9.59 Å². The van der Waals surface area contributed by atoms with Gasteiger partial charge in [-0.25, -0.2) is 9.88 Å². The number of carbonyl (C=O) groups is 2. The molecule has 2 amide bonds. The zero-order valence-electron chi connectivity index (χ0n) is 19.7. The number of amides is 2. The summed E-state index contributed by atoms with van der Waals surface area (Å²) in [6.45, 7) is 2.80. The predicted molar refractivity (Wildman–Crippen MR) is 133 cm³/mol. The van der Waals surface area contributed by atoms with E-state index in [0.717, 1.165) is 62.0 Å². The molecule has 34 heavy (non-hydrogen) atoms. The standard InChI is InChI=1S/C27H31N3O3S/c1-2-3-8-15-33-22-13-11-21(12-14-22)30-25(31)17-24(27(30)32)34-26-20(18-28)16-19-9-6-4-5-7-10-23(19)29-26/h11-14,16,24H,2-10,15,17H2,1H3. The number of rotatable bonds is 8. The summed E-state index contributed by atoms with van der Waals surface area (Å²) in [6, 6.07) is 11.3. The molecule has 0 N–H and O–H groups in total. The molecule has 0 bridgehead atoms. The van der Waals surface area contributed by atoms with Crippen molar-refractivity contribution in [2.75, 3.05) is 11.5 Å². The molecule has 1 aromatic heterocycles. The number of aryl methyl sites for hydroxylation is 2. The van der Waals surface area contributed by atoms with Crippen molar-refractivity contribution in [2.24, 2.45) is 0 Å². The maximum atomic E-state index is 13.2. The van der Waals surface area contributed by atoms with Crippen molar-refractivity contribution in [3.05, 3.63) is 47.2 Å². The molecule has 2 aliphatic rings. The Morgan fingerprint density at radius 2 is 1.88 bits per heavy atom. The summed E-state index contributed by atoms with van der Waals surface area (Å²) in [5, 5.41) is 9.69. The number of hydrogen-bond donors (Lipinski definition) is 0. The van der Waals surface area contributed by atoms with Crippen LogP contribution in [0.4, 0.5) is 5.69 Å². The number of ether oxygens (including phenoxy) is 1. The Morgan fingerprint density at radius 3 is 2.62 bits per heavy atom. The first-order chi connectivity index (χ1) is 16.6. The van der Waals surface area contributed by atoms with Gasteiger partial charge in [-0.2, -0.15) is 5.26 Å². The zero-order valence-corrected chi connectivity index (χ0v) is 20.5. The van der Waals surface area contributed by atoms with Gasteiger partial charge in [-0.1, -0.05) is 44.4 Å². The van der Waals surface area contributed by atoms with Crippen LogP contribution in [0.2, 0.25) is 0 Å². The van der Waals surface area contributed by atoms with E-state index in [-0.39, 0.29) is 18.2 Å². The van der Waals surface area contributed by atoms with Gasteiger partial charge in [0, 0.05) is 12.1 Å². The number of benzene rings is 1. The van der Waals surface area contributed by atoms with Gasteiger partial charge in [-0.05, 0) is 68.0 Å². The summed E-state index contributed by atoms with van der Waals surface area (Å²) in [6.07, 6.45) is 9.79. The fourth-order valence-electron chi connectivity index (χ4n) is 4.47. The summed E-state index contributed by atoms with van der Waals surface area (Å²) in [5.74, 6) is 0.237. The molecule has 1 aliphatic carbocycles. The molecule has 2 aromatic rings. The minimum atomic E-state index is -0.580. The van der Waals surface area contributed by atoms with Gasteiger partial charge in [0.15, 0.2) is 0 Å². The molecule has 4 rings (SSSR count). The molecule has 2 heterocycles. The third-order valence-electron chi connectivity index (χ3n) is 6.36. The molecule has 0 radical (unpaired) electrons. The van der Waals surface area contributed by atoms with Gasteiger partial charge in [0.2, 0.25) is 11.8 Å². The van der Waals surface area contributed by atoms with Crippen molar-refractivity contribution < 1.29 is 14.3 Å². The fraction of sp³-hybridized carbons (Fsp3) is 0.481. The van der Waals surface area contributed by atoms with Crippen LogP contribution in [0.25, 0.3) is 0 Å². The van der Waals surface area contributed by atoms with Crippen LogP contribution in [0.15, 0.2) is 35.4 Å². The molecular formula is C27H31N3O3S. The molecule has 178 valence electrons. The lowest BCUT2D eigenvalue weighted by atomic mass is 9.96. The molecule has 1 atom stereocenters. The average molecular weight is 478 g/mol. The monoisotopic (exact) mass is 477 g/mol. The largest absolute Gasteiger partial charge is 0.494 e. The lowest BCUT2D eigenvalue weighted by molar-refractivity contribution is -0.121. The van der Waals surface area contributed by atoms with E-state index >= 15 is 0 Å². The Bertz CT molecular complexity index is 1080. The Balaban J connectivity index is 1.47. The summed E-state index contributed by atoms with van der Waals surface area (Å²) < 4.78 is 5.74.